The zero-order chi connectivity index (χ0) is 13.8. The van der Waals surface area contributed by atoms with Crippen LogP contribution in [0.1, 0.15) is 10.4 Å². The predicted molar refractivity (Wildman–Crippen MR) is 70.3 cm³/mol. The van der Waals surface area contributed by atoms with Gasteiger partial charge in [0.15, 0.2) is 0 Å². The highest BCUT2D eigenvalue weighted by Gasteiger charge is 2.19. The lowest BCUT2D eigenvalue weighted by Gasteiger charge is -2.05. The fraction of sp³-hybridized carbons (Fsp3) is 0. The van der Waals surface area contributed by atoms with Crippen LogP contribution in [0.25, 0.3) is 0 Å². The summed E-state index contributed by atoms with van der Waals surface area (Å²) >= 11 is 5.76. The van der Waals surface area contributed by atoms with Crippen molar-refractivity contribution in [3.05, 3.63) is 63.3 Å². The molecule has 1 amide bonds. The van der Waals surface area contributed by atoms with Crippen molar-refractivity contribution in [2.24, 2.45) is 0 Å². The highest BCUT2D eigenvalue weighted by molar-refractivity contribution is 6.30. The van der Waals surface area contributed by atoms with Crippen molar-refractivity contribution in [3.8, 4) is 0 Å². The first-order valence-corrected chi connectivity index (χ1v) is 5.62. The van der Waals surface area contributed by atoms with Crippen LogP contribution in [0.3, 0.4) is 0 Å². The van der Waals surface area contributed by atoms with E-state index in [2.05, 4.69) is 10.3 Å². The monoisotopic (exact) mass is 277 g/mol. The SMILES string of the molecule is O=C(Nc1cc(Cl)ccn1)c1ccccc1[N+](=O)[O-]. The Morgan fingerprint density at radius 1 is 1.32 bits per heavy atom. The molecule has 0 saturated carbocycles. The summed E-state index contributed by atoms with van der Waals surface area (Å²) in [5, 5.41) is 13.7. The molecule has 0 bridgehead atoms. The molecule has 0 aliphatic rings. The summed E-state index contributed by atoms with van der Waals surface area (Å²) in [6.07, 6.45) is 1.43. The molecular formula is C12H8ClN3O3. The Morgan fingerprint density at radius 3 is 2.74 bits per heavy atom. The van der Waals surface area contributed by atoms with E-state index < -0.39 is 10.8 Å². The number of nitro benzene ring substituents is 1. The summed E-state index contributed by atoms with van der Waals surface area (Å²) in [7, 11) is 0. The smallest absolute Gasteiger partial charge is 0.282 e. The first kappa shape index (κ1) is 13.0. The van der Waals surface area contributed by atoms with Gasteiger partial charge in [-0.05, 0) is 18.2 Å². The summed E-state index contributed by atoms with van der Waals surface area (Å²) in [5.41, 5.74) is -0.295. The molecule has 2 aromatic rings. The van der Waals surface area contributed by atoms with Gasteiger partial charge in [0.1, 0.15) is 11.4 Å². The van der Waals surface area contributed by atoms with Crippen LogP contribution in [0.15, 0.2) is 42.6 Å². The van der Waals surface area contributed by atoms with Gasteiger partial charge in [0.05, 0.1) is 4.92 Å². The highest BCUT2D eigenvalue weighted by atomic mass is 35.5. The van der Waals surface area contributed by atoms with Gasteiger partial charge in [-0.1, -0.05) is 23.7 Å². The molecule has 6 nitrogen and oxygen atoms in total. The van der Waals surface area contributed by atoms with Gasteiger partial charge in [-0.25, -0.2) is 4.98 Å². The Balaban J connectivity index is 2.28. The van der Waals surface area contributed by atoms with Crippen LogP contribution < -0.4 is 5.32 Å². The number of halogens is 1. The third-order valence-corrected chi connectivity index (χ3v) is 2.54. The molecule has 1 aromatic carbocycles. The van der Waals surface area contributed by atoms with Crippen molar-refractivity contribution < 1.29 is 9.72 Å². The van der Waals surface area contributed by atoms with Crippen LogP contribution in [0.2, 0.25) is 5.02 Å². The summed E-state index contributed by atoms with van der Waals surface area (Å²) in [6.45, 7) is 0. The number of para-hydroxylation sites is 1. The van der Waals surface area contributed by atoms with Crippen LogP contribution in [-0.4, -0.2) is 15.8 Å². The van der Waals surface area contributed by atoms with Crippen LogP contribution in [0.4, 0.5) is 11.5 Å². The van der Waals surface area contributed by atoms with E-state index in [4.69, 9.17) is 11.6 Å². The van der Waals surface area contributed by atoms with Gasteiger partial charge < -0.3 is 5.32 Å². The second-order valence-corrected chi connectivity index (χ2v) is 4.02. The van der Waals surface area contributed by atoms with E-state index in [-0.39, 0.29) is 17.1 Å². The average molecular weight is 278 g/mol. The number of carbonyl (C=O) groups is 1. The number of benzene rings is 1. The topological polar surface area (TPSA) is 85.1 Å². The third-order valence-electron chi connectivity index (χ3n) is 2.31. The summed E-state index contributed by atoms with van der Waals surface area (Å²) in [5.74, 6) is -0.377. The number of nitro groups is 1. The number of aromatic nitrogens is 1. The van der Waals surface area contributed by atoms with Crippen LogP contribution in [0.5, 0.6) is 0 Å². The normalized spacial score (nSPS) is 9.95. The minimum Gasteiger partial charge on any atom is -0.306 e. The van der Waals surface area contributed by atoms with E-state index in [1.54, 1.807) is 12.1 Å². The van der Waals surface area contributed by atoms with E-state index in [1.165, 1.54) is 30.5 Å². The molecule has 0 saturated heterocycles. The Hall–Kier alpha value is -2.47. The van der Waals surface area contributed by atoms with Gasteiger partial charge in [0, 0.05) is 17.3 Å². The van der Waals surface area contributed by atoms with Crippen molar-refractivity contribution in [3.63, 3.8) is 0 Å². The first-order valence-electron chi connectivity index (χ1n) is 5.24. The van der Waals surface area contributed by atoms with Crippen LogP contribution >= 0.6 is 11.6 Å². The quantitative estimate of drug-likeness (QED) is 0.690. The minimum absolute atomic E-state index is 0.0331. The molecule has 0 spiro atoms. The molecule has 0 fully saturated rings. The summed E-state index contributed by atoms with van der Waals surface area (Å²) in [4.78, 5) is 26.1. The fourth-order valence-corrected chi connectivity index (χ4v) is 1.64. The zero-order valence-corrected chi connectivity index (χ0v) is 10.3. The molecule has 0 unspecified atom stereocenters. The Kier molecular flexibility index (Phi) is 3.72. The van der Waals surface area contributed by atoms with Crippen LogP contribution in [0, 0.1) is 10.1 Å². The van der Waals surface area contributed by atoms with Crippen LogP contribution in [-0.2, 0) is 0 Å². The molecule has 19 heavy (non-hydrogen) atoms. The number of nitrogens with zero attached hydrogens (tertiary/aromatic N) is 2. The van der Waals surface area contributed by atoms with Gasteiger partial charge in [0.25, 0.3) is 11.6 Å². The lowest BCUT2D eigenvalue weighted by Crippen LogP contribution is -2.14. The summed E-state index contributed by atoms with van der Waals surface area (Å²) < 4.78 is 0. The molecule has 0 aliphatic carbocycles. The number of anilines is 1. The Labute approximate surface area is 113 Å². The largest absolute Gasteiger partial charge is 0.306 e. The molecule has 2 rings (SSSR count). The molecule has 0 atom stereocenters. The molecule has 7 heteroatoms. The van der Waals surface area contributed by atoms with Gasteiger partial charge in [-0.2, -0.15) is 0 Å². The number of rotatable bonds is 3. The van der Waals surface area contributed by atoms with Crippen molar-refractivity contribution in [1.29, 1.82) is 0 Å². The van der Waals surface area contributed by atoms with Crippen molar-refractivity contribution in [2.75, 3.05) is 5.32 Å². The average Bonchev–Trinajstić information content (AvgIpc) is 2.38. The lowest BCUT2D eigenvalue weighted by atomic mass is 10.1. The summed E-state index contributed by atoms with van der Waals surface area (Å²) in [6, 6.07) is 8.69. The molecule has 0 radical (unpaired) electrons. The lowest BCUT2D eigenvalue weighted by molar-refractivity contribution is -0.385. The maximum atomic E-state index is 12.0. The molecule has 0 aliphatic heterocycles. The second kappa shape index (κ2) is 5.45. The molecule has 96 valence electrons. The second-order valence-electron chi connectivity index (χ2n) is 3.59. The number of nitrogens with one attached hydrogen (secondary N) is 1. The van der Waals surface area contributed by atoms with Gasteiger partial charge in [-0.15, -0.1) is 0 Å². The first-order chi connectivity index (χ1) is 9.08. The standard InChI is InChI=1S/C12H8ClN3O3/c13-8-5-6-14-11(7-8)15-12(17)9-3-1-2-4-10(9)16(18)19/h1-7H,(H,14,15,17). The van der Waals surface area contributed by atoms with E-state index >= 15 is 0 Å². The fourth-order valence-electron chi connectivity index (χ4n) is 1.48. The molecule has 1 heterocycles. The molecular weight excluding hydrogens is 270 g/mol. The van der Waals surface area contributed by atoms with Gasteiger partial charge >= 0.3 is 0 Å². The van der Waals surface area contributed by atoms with E-state index in [0.29, 0.717) is 5.02 Å². The predicted octanol–water partition coefficient (Wildman–Crippen LogP) is 2.90. The maximum absolute atomic E-state index is 12.0. The number of hydrogen-bond acceptors (Lipinski definition) is 4. The number of hydrogen-bond donors (Lipinski definition) is 1. The van der Waals surface area contributed by atoms with E-state index in [9.17, 15) is 14.9 Å². The molecule has 1 N–H and O–H groups in total. The number of carbonyl (C=O) groups excluding carboxylic acids is 1. The minimum atomic E-state index is -0.611. The van der Waals surface area contributed by atoms with Crippen molar-refractivity contribution in [2.45, 2.75) is 0 Å². The van der Waals surface area contributed by atoms with Gasteiger partial charge in [-0.3, -0.25) is 14.9 Å². The van der Waals surface area contributed by atoms with Gasteiger partial charge in [0.2, 0.25) is 0 Å². The van der Waals surface area contributed by atoms with E-state index in [0.717, 1.165) is 0 Å². The van der Waals surface area contributed by atoms with Crippen molar-refractivity contribution in [1.82, 2.24) is 4.98 Å². The van der Waals surface area contributed by atoms with E-state index in [1.807, 2.05) is 0 Å². The zero-order valence-electron chi connectivity index (χ0n) is 9.54. The Bertz CT molecular complexity index is 646. The number of pyridine rings is 1. The highest BCUT2D eigenvalue weighted by Crippen LogP contribution is 2.19. The molecule has 1 aromatic heterocycles. The maximum Gasteiger partial charge on any atom is 0.282 e. The number of amides is 1. The van der Waals surface area contributed by atoms with Crippen molar-refractivity contribution >= 4 is 29.0 Å². The Morgan fingerprint density at radius 2 is 2.05 bits per heavy atom. The third kappa shape index (κ3) is 3.05.